The zero-order valence-corrected chi connectivity index (χ0v) is 12.4. The number of rotatable bonds is 2. The Bertz CT molecular complexity index is 527. The second-order valence-corrected chi connectivity index (χ2v) is 6.05. The van der Waals surface area contributed by atoms with E-state index in [0.717, 1.165) is 11.1 Å². The fraction of sp³-hybridized carbons (Fsp3) is 0.500. The number of alkyl carbamates (subject to hydrolysis) is 1. The summed E-state index contributed by atoms with van der Waals surface area (Å²) in [5.41, 5.74) is 1.56. The molecule has 0 aromatic heterocycles. The van der Waals surface area contributed by atoms with Gasteiger partial charge in [-0.15, -0.1) is 0 Å². The number of benzene rings is 1. The molecule has 1 heterocycles. The molecule has 0 spiro atoms. The second kappa shape index (κ2) is 6.05. The minimum Gasteiger partial charge on any atom is -0.444 e. The molecule has 1 aromatic rings. The number of ether oxygens (including phenoxy) is 2. The number of fused-ring (bicyclic) bond motifs is 1. The van der Waals surface area contributed by atoms with Gasteiger partial charge in [0.1, 0.15) is 5.60 Å². The number of nitrogens with one attached hydrogen (secondary N) is 1. The predicted octanol–water partition coefficient (Wildman–Crippen LogP) is 0.462. The highest BCUT2D eigenvalue weighted by molar-refractivity contribution is 6.58. The van der Waals surface area contributed by atoms with Gasteiger partial charge in [-0.1, -0.05) is 18.2 Å². The first-order valence-corrected chi connectivity index (χ1v) is 6.82. The minimum atomic E-state index is -1.52. The van der Waals surface area contributed by atoms with Crippen LogP contribution in [0, 0.1) is 0 Å². The van der Waals surface area contributed by atoms with Crippen molar-refractivity contribution in [2.75, 3.05) is 6.61 Å². The van der Waals surface area contributed by atoms with E-state index in [-0.39, 0.29) is 6.04 Å². The molecule has 7 heteroatoms. The second-order valence-electron chi connectivity index (χ2n) is 6.05. The average molecular weight is 293 g/mol. The Kier molecular flexibility index (Phi) is 4.56. The van der Waals surface area contributed by atoms with Crippen molar-refractivity contribution in [2.45, 2.75) is 39.0 Å². The fourth-order valence-corrected chi connectivity index (χ4v) is 2.20. The molecule has 0 saturated heterocycles. The van der Waals surface area contributed by atoms with Crippen LogP contribution >= 0.6 is 0 Å². The van der Waals surface area contributed by atoms with Gasteiger partial charge in [0.25, 0.3) is 0 Å². The van der Waals surface area contributed by atoms with Crippen LogP contribution in [0.5, 0.6) is 0 Å². The van der Waals surface area contributed by atoms with Gasteiger partial charge in [-0.2, -0.15) is 0 Å². The van der Waals surface area contributed by atoms with E-state index in [9.17, 15) is 14.8 Å². The lowest BCUT2D eigenvalue weighted by atomic mass is 9.78. The number of amides is 1. The number of hydrogen-bond acceptors (Lipinski definition) is 5. The minimum absolute atomic E-state index is 0.312. The van der Waals surface area contributed by atoms with E-state index in [1.165, 1.54) is 0 Å². The smallest absolute Gasteiger partial charge is 0.444 e. The first-order chi connectivity index (χ1) is 9.76. The summed E-state index contributed by atoms with van der Waals surface area (Å²) in [5.74, 6) is 0. The number of carbonyl (C=O) groups is 1. The van der Waals surface area contributed by atoms with Crippen LogP contribution in [0.15, 0.2) is 18.2 Å². The molecule has 2 rings (SSSR count). The summed E-state index contributed by atoms with van der Waals surface area (Å²) in [6, 6.07) is 4.75. The first kappa shape index (κ1) is 15.8. The molecule has 1 aliphatic heterocycles. The lowest BCUT2D eigenvalue weighted by Gasteiger charge is -2.28. The van der Waals surface area contributed by atoms with Gasteiger partial charge in [-0.05, 0) is 37.4 Å². The van der Waals surface area contributed by atoms with Crippen LogP contribution < -0.4 is 10.8 Å². The van der Waals surface area contributed by atoms with Crippen molar-refractivity contribution >= 4 is 18.7 Å². The number of carbonyl (C=O) groups excluding carboxylic acids is 1. The predicted molar refractivity (Wildman–Crippen MR) is 78.0 cm³/mol. The molecule has 1 aromatic carbocycles. The van der Waals surface area contributed by atoms with Gasteiger partial charge >= 0.3 is 13.2 Å². The SMILES string of the molecule is CC(C)(C)OC(=O)N[C@H]1COCc2cc(B(O)O)ccc21. The maximum Gasteiger partial charge on any atom is 0.488 e. The van der Waals surface area contributed by atoms with Crippen LogP contribution in [0.1, 0.15) is 37.9 Å². The van der Waals surface area contributed by atoms with Crippen molar-refractivity contribution in [1.82, 2.24) is 5.32 Å². The van der Waals surface area contributed by atoms with Gasteiger partial charge in [0.05, 0.1) is 19.3 Å². The highest BCUT2D eigenvalue weighted by Gasteiger charge is 2.26. The van der Waals surface area contributed by atoms with Crippen molar-refractivity contribution in [3.8, 4) is 0 Å². The van der Waals surface area contributed by atoms with E-state index in [0.29, 0.717) is 18.7 Å². The van der Waals surface area contributed by atoms with Gasteiger partial charge in [0, 0.05) is 0 Å². The molecule has 114 valence electrons. The summed E-state index contributed by atoms with van der Waals surface area (Å²) in [4.78, 5) is 11.8. The maximum atomic E-state index is 11.8. The molecule has 21 heavy (non-hydrogen) atoms. The highest BCUT2D eigenvalue weighted by atomic mass is 16.6. The van der Waals surface area contributed by atoms with Crippen molar-refractivity contribution in [2.24, 2.45) is 0 Å². The quantitative estimate of drug-likeness (QED) is 0.690. The van der Waals surface area contributed by atoms with Gasteiger partial charge < -0.3 is 24.8 Å². The summed E-state index contributed by atoms with van der Waals surface area (Å²) in [7, 11) is -1.52. The molecule has 0 fully saturated rings. The van der Waals surface area contributed by atoms with Crippen LogP contribution in [-0.2, 0) is 16.1 Å². The first-order valence-electron chi connectivity index (χ1n) is 6.82. The Morgan fingerprint density at radius 2 is 2.14 bits per heavy atom. The molecule has 0 saturated carbocycles. The molecule has 1 amide bonds. The molecular formula is C14H20BNO5. The van der Waals surface area contributed by atoms with Gasteiger partial charge in [0.15, 0.2) is 0 Å². The molecule has 1 atom stereocenters. The fourth-order valence-electron chi connectivity index (χ4n) is 2.20. The zero-order valence-electron chi connectivity index (χ0n) is 12.4. The van der Waals surface area contributed by atoms with E-state index < -0.39 is 18.8 Å². The lowest BCUT2D eigenvalue weighted by molar-refractivity contribution is 0.0390. The highest BCUT2D eigenvalue weighted by Crippen LogP contribution is 2.24. The Balaban J connectivity index is 2.13. The molecule has 3 N–H and O–H groups in total. The molecule has 0 radical (unpaired) electrons. The molecule has 0 unspecified atom stereocenters. The summed E-state index contributed by atoms with van der Waals surface area (Å²) in [6.07, 6.45) is -0.504. The van der Waals surface area contributed by atoms with E-state index in [4.69, 9.17) is 9.47 Å². The summed E-state index contributed by atoms with van der Waals surface area (Å²) < 4.78 is 10.7. The van der Waals surface area contributed by atoms with Crippen LogP contribution in [0.4, 0.5) is 4.79 Å². The van der Waals surface area contributed by atoms with Gasteiger partial charge in [-0.3, -0.25) is 0 Å². The van der Waals surface area contributed by atoms with Crippen molar-refractivity contribution in [3.63, 3.8) is 0 Å². The normalized spacial score (nSPS) is 17.9. The maximum absolute atomic E-state index is 11.8. The topological polar surface area (TPSA) is 88.0 Å². The van der Waals surface area contributed by atoms with Crippen LogP contribution in [0.2, 0.25) is 0 Å². The largest absolute Gasteiger partial charge is 0.488 e. The molecular weight excluding hydrogens is 273 g/mol. The van der Waals surface area contributed by atoms with E-state index in [1.54, 1.807) is 39.0 Å². The Hall–Kier alpha value is -1.57. The van der Waals surface area contributed by atoms with E-state index in [2.05, 4.69) is 5.32 Å². The third kappa shape index (κ3) is 4.20. The summed E-state index contributed by atoms with van der Waals surface area (Å²) >= 11 is 0. The van der Waals surface area contributed by atoms with Crippen molar-refractivity contribution in [3.05, 3.63) is 29.3 Å². The Morgan fingerprint density at radius 1 is 1.43 bits per heavy atom. The Labute approximate surface area is 124 Å². The lowest BCUT2D eigenvalue weighted by Crippen LogP contribution is -2.39. The Morgan fingerprint density at radius 3 is 2.76 bits per heavy atom. The van der Waals surface area contributed by atoms with Crippen molar-refractivity contribution in [1.29, 1.82) is 0 Å². The third-order valence-electron chi connectivity index (χ3n) is 3.07. The van der Waals surface area contributed by atoms with E-state index >= 15 is 0 Å². The van der Waals surface area contributed by atoms with Crippen LogP contribution in [0.3, 0.4) is 0 Å². The zero-order chi connectivity index (χ0) is 15.6. The monoisotopic (exact) mass is 293 g/mol. The molecule has 0 bridgehead atoms. The van der Waals surface area contributed by atoms with Gasteiger partial charge in [0.2, 0.25) is 0 Å². The number of hydrogen-bond donors (Lipinski definition) is 3. The average Bonchev–Trinajstić information content (AvgIpc) is 2.36. The standard InChI is InChI=1S/C14H20BNO5/c1-14(2,3)21-13(17)16-12-8-20-7-9-6-10(15(18)19)4-5-11(9)12/h4-6,12,18-19H,7-8H2,1-3H3,(H,16,17)/t12-/m0/s1. The molecule has 1 aliphatic rings. The van der Waals surface area contributed by atoms with E-state index in [1.807, 2.05) is 0 Å². The van der Waals surface area contributed by atoms with Crippen LogP contribution in [0.25, 0.3) is 0 Å². The molecule has 6 nitrogen and oxygen atoms in total. The van der Waals surface area contributed by atoms with Crippen LogP contribution in [-0.4, -0.2) is 35.5 Å². The molecule has 0 aliphatic carbocycles. The van der Waals surface area contributed by atoms with Gasteiger partial charge in [-0.25, -0.2) is 4.79 Å². The summed E-state index contributed by atoms with van der Waals surface area (Å²) in [5, 5.41) is 21.1. The summed E-state index contributed by atoms with van der Waals surface area (Å²) in [6.45, 7) is 6.13. The third-order valence-corrected chi connectivity index (χ3v) is 3.07. The van der Waals surface area contributed by atoms with Crippen molar-refractivity contribution < 1.29 is 24.3 Å².